The number of urea groups is 1. The first-order chi connectivity index (χ1) is 22.1. The van der Waals surface area contributed by atoms with E-state index in [1.807, 2.05) is 36.1 Å². The Hall–Kier alpha value is -4.33. The third-order valence-electron chi connectivity index (χ3n) is 6.91. The van der Waals surface area contributed by atoms with Gasteiger partial charge in [-0.2, -0.15) is 0 Å². The van der Waals surface area contributed by atoms with Crippen LogP contribution in [0, 0.1) is 5.82 Å². The van der Waals surface area contributed by atoms with E-state index in [9.17, 15) is 13.8 Å². The number of hydrogen-bond acceptors (Lipinski definition) is 9. The topological polar surface area (TPSA) is 167 Å². The Kier molecular flexibility index (Phi) is 12.6. The van der Waals surface area contributed by atoms with Gasteiger partial charge in [-0.1, -0.05) is 25.1 Å². The van der Waals surface area contributed by atoms with Gasteiger partial charge in [-0.25, -0.2) is 23.7 Å². The van der Waals surface area contributed by atoms with Gasteiger partial charge < -0.3 is 40.1 Å². The van der Waals surface area contributed by atoms with Gasteiger partial charge in [-0.05, 0) is 61.3 Å². The van der Waals surface area contributed by atoms with Gasteiger partial charge in [0.2, 0.25) is 0 Å². The van der Waals surface area contributed by atoms with E-state index in [0.29, 0.717) is 79.8 Å². The number of amides is 2. The Bertz CT molecular complexity index is 1640. The summed E-state index contributed by atoms with van der Waals surface area (Å²) in [5.41, 5.74) is 2.70. The normalized spacial score (nSPS) is 11.4. The maximum Gasteiger partial charge on any atom is 0.469 e. The van der Waals surface area contributed by atoms with Crippen molar-refractivity contribution in [3.05, 3.63) is 78.4 Å². The molecular formula is C31H38FN6O7P. The molecule has 0 aliphatic carbocycles. The molecule has 2 amide bonds. The monoisotopic (exact) mass is 656 g/mol. The summed E-state index contributed by atoms with van der Waals surface area (Å²) in [5, 5.41) is 9.47. The molecule has 0 aliphatic heterocycles. The van der Waals surface area contributed by atoms with Gasteiger partial charge in [0.15, 0.2) is 11.5 Å². The maximum absolute atomic E-state index is 13.3. The Balaban J connectivity index is 1.27. The molecule has 1 aromatic heterocycles. The van der Waals surface area contributed by atoms with Crippen LogP contribution in [0.15, 0.2) is 67.0 Å². The van der Waals surface area contributed by atoms with Crippen molar-refractivity contribution in [3.8, 4) is 11.5 Å². The molecule has 0 spiro atoms. The number of ether oxygens (including phenoxy) is 2. The first-order valence-electron chi connectivity index (χ1n) is 14.7. The number of rotatable bonds is 17. The van der Waals surface area contributed by atoms with E-state index in [1.165, 1.54) is 24.5 Å². The zero-order chi connectivity index (χ0) is 32.9. The first kappa shape index (κ1) is 34.5. The highest BCUT2D eigenvalue weighted by Gasteiger charge is 2.15. The number of aromatic nitrogens is 2. The standard InChI is InChI=1S/C31H38FN6O7P/c1-3-38(15-17-45-46(40,41)42)14-5-16-44-29-20-27-26(19-28(29)43-2)30(35-21-34-27)33-13-12-22-8-10-24(11-9-22)36-31(39)37-25-7-4-6-23(32)18-25/h4,6-11,18-21H,3,5,12-17H2,1-2H3,(H,33,34,35)(H2,36,37,39)(H2,40,41,42). The van der Waals surface area contributed by atoms with Crippen LogP contribution in [-0.2, 0) is 15.5 Å². The number of likely N-dealkylation sites (N-methyl/N-ethyl adjacent to an activating group) is 1. The molecule has 0 fully saturated rings. The summed E-state index contributed by atoms with van der Waals surface area (Å²) in [5.74, 6) is 1.31. The second-order valence-corrected chi connectivity index (χ2v) is 11.4. The van der Waals surface area contributed by atoms with Crippen molar-refractivity contribution in [2.24, 2.45) is 0 Å². The van der Waals surface area contributed by atoms with Crippen molar-refractivity contribution < 1.29 is 37.5 Å². The minimum atomic E-state index is -4.47. The molecular weight excluding hydrogens is 618 g/mol. The van der Waals surface area contributed by atoms with Gasteiger partial charge in [0.05, 0.1) is 25.8 Å². The van der Waals surface area contributed by atoms with Gasteiger partial charge in [-0.15, -0.1) is 0 Å². The van der Waals surface area contributed by atoms with Crippen LogP contribution in [0.5, 0.6) is 11.5 Å². The van der Waals surface area contributed by atoms with E-state index in [-0.39, 0.29) is 6.61 Å². The second-order valence-electron chi connectivity index (χ2n) is 10.2. The van der Waals surface area contributed by atoms with Gasteiger partial charge in [0.1, 0.15) is 18.0 Å². The van der Waals surface area contributed by atoms with Gasteiger partial charge in [-0.3, -0.25) is 4.52 Å². The number of hydrogen-bond donors (Lipinski definition) is 5. The molecule has 0 unspecified atom stereocenters. The highest BCUT2D eigenvalue weighted by molar-refractivity contribution is 7.46. The van der Waals surface area contributed by atoms with E-state index in [2.05, 4.69) is 30.4 Å². The predicted octanol–water partition coefficient (Wildman–Crippen LogP) is 5.28. The van der Waals surface area contributed by atoms with Gasteiger partial charge in [0.25, 0.3) is 0 Å². The molecule has 0 saturated carbocycles. The van der Waals surface area contributed by atoms with Crippen LogP contribution in [0.3, 0.4) is 0 Å². The molecule has 246 valence electrons. The fraction of sp³-hybridized carbons (Fsp3) is 0.323. The van der Waals surface area contributed by atoms with Crippen LogP contribution in [0.2, 0.25) is 0 Å². The molecule has 0 atom stereocenters. The molecule has 0 radical (unpaired) electrons. The highest BCUT2D eigenvalue weighted by atomic mass is 31.2. The average molecular weight is 657 g/mol. The number of phosphoric acid groups is 1. The number of phosphoric ester groups is 1. The largest absolute Gasteiger partial charge is 0.493 e. The summed E-state index contributed by atoms with van der Waals surface area (Å²) in [7, 11) is -2.91. The van der Waals surface area contributed by atoms with Crippen LogP contribution >= 0.6 is 7.82 Å². The van der Waals surface area contributed by atoms with E-state index in [0.717, 1.165) is 10.9 Å². The lowest BCUT2D eigenvalue weighted by Crippen LogP contribution is -2.29. The van der Waals surface area contributed by atoms with E-state index >= 15 is 0 Å². The molecule has 4 rings (SSSR count). The number of methoxy groups -OCH3 is 1. The number of benzene rings is 3. The molecule has 5 N–H and O–H groups in total. The number of anilines is 3. The minimum Gasteiger partial charge on any atom is -0.493 e. The van der Waals surface area contributed by atoms with Crippen LogP contribution in [0.25, 0.3) is 10.9 Å². The van der Waals surface area contributed by atoms with E-state index < -0.39 is 19.7 Å². The molecule has 3 aromatic carbocycles. The molecule has 0 bridgehead atoms. The lowest BCUT2D eigenvalue weighted by molar-refractivity contribution is 0.158. The summed E-state index contributed by atoms with van der Waals surface area (Å²) in [6.07, 6.45) is 2.86. The van der Waals surface area contributed by atoms with Crippen LogP contribution in [0.1, 0.15) is 18.9 Å². The molecule has 13 nitrogen and oxygen atoms in total. The predicted molar refractivity (Wildman–Crippen MR) is 174 cm³/mol. The van der Waals surface area contributed by atoms with Crippen molar-refractivity contribution in [2.75, 3.05) is 62.5 Å². The van der Waals surface area contributed by atoms with Crippen LogP contribution in [-0.4, -0.2) is 77.2 Å². The summed E-state index contributed by atoms with van der Waals surface area (Å²) in [6, 6.07) is 16.3. The number of fused-ring (bicyclic) bond motifs is 1. The summed E-state index contributed by atoms with van der Waals surface area (Å²) >= 11 is 0. The Morgan fingerprint density at radius 1 is 0.978 bits per heavy atom. The maximum atomic E-state index is 13.3. The second kappa shape index (κ2) is 16.8. The van der Waals surface area contributed by atoms with Gasteiger partial charge >= 0.3 is 13.9 Å². The Labute approximate surface area is 266 Å². The lowest BCUT2D eigenvalue weighted by atomic mass is 10.1. The highest BCUT2D eigenvalue weighted by Crippen LogP contribution is 2.35. The summed E-state index contributed by atoms with van der Waals surface area (Å²) in [6.45, 7) is 4.67. The molecule has 46 heavy (non-hydrogen) atoms. The van der Waals surface area contributed by atoms with Crippen LogP contribution in [0.4, 0.5) is 26.4 Å². The van der Waals surface area contributed by atoms with Crippen LogP contribution < -0.4 is 25.4 Å². The Morgan fingerprint density at radius 2 is 1.76 bits per heavy atom. The lowest BCUT2D eigenvalue weighted by Gasteiger charge is -2.20. The van der Waals surface area contributed by atoms with Crippen molar-refractivity contribution in [3.63, 3.8) is 0 Å². The number of nitrogens with one attached hydrogen (secondary N) is 3. The van der Waals surface area contributed by atoms with Crippen molar-refractivity contribution in [2.45, 2.75) is 19.8 Å². The SMILES string of the molecule is CCN(CCCOc1cc2ncnc(NCCc3ccc(NC(=O)Nc4cccc(F)c4)cc3)c2cc1OC)CCOP(=O)(O)O. The minimum absolute atomic E-state index is 0.0577. The summed E-state index contributed by atoms with van der Waals surface area (Å²) in [4.78, 5) is 40.8. The van der Waals surface area contributed by atoms with Crippen molar-refractivity contribution >= 4 is 41.9 Å². The number of carbonyl (C=O) groups excluding carboxylic acids is 1. The quantitative estimate of drug-likeness (QED) is 0.0741. The third-order valence-corrected chi connectivity index (χ3v) is 7.43. The van der Waals surface area contributed by atoms with Crippen molar-refractivity contribution in [1.82, 2.24) is 14.9 Å². The zero-order valence-corrected chi connectivity index (χ0v) is 26.5. The number of nitrogens with zero attached hydrogens (tertiary/aromatic N) is 3. The van der Waals surface area contributed by atoms with E-state index in [1.54, 1.807) is 25.3 Å². The number of halogens is 1. The average Bonchev–Trinajstić information content (AvgIpc) is 3.02. The zero-order valence-electron chi connectivity index (χ0n) is 25.6. The molecule has 1 heterocycles. The Morgan fingerprint density at radius 3 is 2.48 bits per heavy atom. The fourth-order valence-electron chi connectivity index (χ4n) is 4.60. The molecule has 15 heteroatoms. The smallest absolute Gasteiger partial charge is 0.469 e. The number of carbonyl (C=O) groups is 1. The third kappa shape index (κ3) is 10.9. The molecule has 0 aliphatic rings. The molecule has 4 aromatic rings. The summed E-state index contributed by atoms with van der Waals surface area (Å²) < 4.78 is 40.3. The molecule has 0 saturated heterocycles. The van der Waals surface area contributed by atoms with Crippen molar-refractivity contribution in [1.29, 1.82) is 0 Å². The van der Waals surface area contributed by atoms with E-state index in [4.69, 9.17) is 19.3 Å². The van der Waals surface area contributed by atoms with Gasteiger partial charge in [0, 0.05) is 42.5 Å². The fourth-order valence-corrected chi connectivity index (χ4v) is 4.92. The first-order valence-corrected chi connectivity index (χ1v) is 16.2.